The molecule has 3 aliphatic heterocycles. The average Bonchev–Trinajstić information content (AvgIpc) is 2.84. The van der Waals surface area contributed by atoms with Crippen LogP contribution in [0.25, 0.3) is 0 Å². The SMILES string of the molecule is CC1CCNC(C(=O)N2CC3CCCN3CC2C)C1. The molecular weight excluding hydrogens is 238 g/mol. The summed E-state index contributed by atoms with van der Waals surface area (Å²) in [6, 6.07) is 1.07. The molecule has 4 nitrogen and oxygen atoms in total. The van der Waals surface area contributed by atoms with Crippen molar-refractivity contribution < 1.29 is 4.79 Å². The van der Waals surface area contributed by atoms with Crippen LogP contribution in [0, 0.1) is 5.92 Å². The molecule has 0 spiro atoms. The van der Waals surface area contributed by atoms with E-state index in [4.69, 9.17) is 0 Å². The first-order valence-electron chi connectivity index (χ1n) is 7.93. The van der Waals surface area contributed by atoms with E-state index in [0.29, 0.717) is 23.9 Å². The number of nitrogens with one attached hydrogen (secondary N) is 1. The number of amides is 1. The van der Waals surface area contributed by atoms with E-state index >= 15 is 0 Å². The summed E-state index contributed by atoms with van der Waals surface area (Å²) in [6.45, 7) is 8.72. The van der Waals surface area contributed by atoms with Crippen molar-refractivity contribution in [1.29, 1.82) is 0 Å². The minimum Gasteiger partial charge on any atom is -0.336 e. The predicted molar refractivity (Wildman–Crippen MR) is 76.0 cm³/mol. The van der Waals surface area contributed by atoms with Gasteiger partial charge >= 0.3 is 0 Å². The Hall–Kier alpha value is -0.610. The van der Waals surface area contributed by atoms with Crippen LogP contribution in [0.4, 0.5) is 0 Å². The summed E-state index contributed by atoms with van der Waals surface area (Å²) in [7, 11) is 0. The summed E-state index contributed by atoms with van der Waals surface area (Å²) >= 11 is 0. The lowest BCUT2D eigenvalue weighted by atomic mass is 9.93. The zero-order chi connectivity index (χ0) is 13.4. The van der Waals surface area contributed by atoms with Gasteiger partial charge in [0.15, 0.2) is 0 Å². The smallest absolute Gasteiger partial charge is 0.240 e. The Balaban J connectivity index is 1.65. The van der Waals surface area contributed by atoms with Crippen molar-refractivity contribution in [3.63, 3.8) is 0 Å². The van der Waals surface area contributed by atoms with Gasteiger partial charge < -0.3 is 10.2 Å². The number of rotatable bonds is 1. The van der Waals surface area contributed by atoms with Crippen LogP contribution in [0.2, 0.25) is 0 Å². The average molecular weight is 265 g/mol. The lowest BCUT2D eigenvalue weighted by Crippen LogP contribution is -2.61. The van der Waals surface area contributed by atoms with E-state index in [1.54, 1.807) is 0 Å². The largest absolute Gasteiger partial charge is 0.336 e. The van der Waals surface area contributed by atoms with Gasteiger partial charge in [-0.15, -0.1) is 0 Å². The highest BCUT2D eigenvalue weighted by Crippen LogP contribution is 2.26. The molecule has 3 rings (SSSR count). The summed E-state index contributed by atoms with van der Waals surface area (Å²) in [5.41, 5.74) is 0. The molecule has 3 fully saturated rings. The third-order valence-corrected chi connectivity index (χ3v) is 5.18. The standard InChI is InChI=1S/C15H27N3O/c1-11-5-6-16-14(8-11)15(19)18-10-13-4-3-7-17(13)9-12(18)2/h11-14,16H,3-10H2,1-2H3. The summed E-state index contributed by atoms with van der Waals surface area (Å²) in [5.74, 6) is 1.03. The molecule has 0 aromatic heterocycles. The predicted octanol–water partition coefficient (Wildman–Crippen LogP) is 1.07. The van der Waals surface area contributed by atoms with Gasteiger partial charge in [-0.25, -0.2) is 0 Å². The van der Waals surface area contributed by atoms with E-state index in [-0.39, 0.29) is 6.04 Å². The van der Waals surface area contributed by atoms with Crippen LogP contribution >= 0.6 is 0 Å². The highest BCUT2D eigenvalue weighted by atomic mass is 16.2. The highest BCUT2D eigenvalue weighted by molar-refractivity contribution is 5.82. The van der Waals surface area contributed by atoms with Crippen LogP contribution < -0.4 is 5.32 Å². The summed E-state index contributed by atoms with van der Waals surface area (Å²) in [4.78, 5) is 17.5. The Morgan fingerprint density at radius 3 is 2.84 bits per heavy atom. The molecule has 0 saturated carbocycles. The van der Waals surface area contributed by atoms with Crippen molar-refractivity contribution in [3.05, 3.63) is 0 Å². The molecule has 3 aliphatic rings. The first-order valence-corrected chi connectivity index (χ1v) is 7.93. The first kappa shape index (κ1) is 13.4. The van der Waals surface area contributed by atoms with Crippen molar-refractivity contribution in [2.45, 2.75) is 57.7 Å². The van der Waals surface area contributed by atoms with Gasteiger partial charge in [-0.3, -0.25) is 9.69 Å². The van der Waals surface area contributed by atoms with Crippen LogP contribution in [0.5, 0.6) is 0 Å². The van der Waals surface area contributed by atoms with Crippen molar-refractivity contribution in [1.82, 2.24) is 15.1 Å². The third kappa shape index (κ3) is 2.65. The maximum Gasteiger partial charge on any atom is 0.240 e. The summed E-state index contributed by atoms with van der Waals surface area (Å²) in [5, 5.41) is 3.42. The Morgan fingerprint density at radius 2 is 2.05 bits per heavy atom. The number of nitrogens with zero attached hydrogens (tertiary/aromatic N) is 2. The van der Waals surface area contributed by atoms with Crippen LogP contribution in [-0.4, -0.2) is 60.0 Å². The molecule has 0 bridgehead atoms. The zero-order valence-electron chi connectivity index (χ0n) is 12.3. The zero-order valence-corrected chi connectivity index (χ0v) is 12.3. The molecule has 108 valence electrons. The molecule has 4 unspecified atom stereocenters. The fourth-order valence-corrected chi connectivity index (χ4v) is 3.99. The van der Waals surface area contributed by atoms with Crippen molar-refractivity contribution in [3.8, 4) is 0 Å². The first-order chi connectivity index (χ1) is 9.15. The van der Waals surface area contributed by atoms with Crippen molar-refractivity contribution in [2.24, 2.45) is 5.92 Å². The third-order valence-electron chi connectivity index (χ3n) is 5.18. The quantitative estimate of drug-likeness (QED) is 0.770. The monoisotopic (exact) mass is 265 g/mol. The lowest BCUT2D eigenvalue weighted by molar-refractivity contribution is -0.140. The molecule has 0 aromatic carbocycles. The van der Waals surface area contributed by atoms with E-state index < -0.39 is 0 Å². The number of carbonyl (C=O) groups excluding carboxylic acids is 1. The number of piperidine rings is 1. The normalized spacial score (nSPS) is 40.2. The van der Waals surface area contributed by atoms with Gasteiger partial charge in [0.2, 0.25) is 5.91 Å². The molecule has 0 radical (unpaired) electrons. The Kier molecular flexibility index (Phi) is 3.81. The van der Waals surface area contributed by atoms with Crippen LogP contribution in [0.1, 0.15) is 39.5 Å². The molecular formula is C15H27N3O. The molecule has 0 aromatic rings. The van der Waals surface area contributed by atoms with Gasteiger partial charge in [-0.05, 0) is 51.6 Å². The molecule has 19 heavy (non-hydrogen) atoms. The lowest BCUT2D eigenvalue weighted by Gasteiger charge is -2.44. The second-order valence-corrected chi connectivity index (χ2v) is 6.77. The number of carbonyl (C=O) groups is 1. The van der Waals surface area contributed by atoms with Crippen LogP contribution in [0.3, 0.4) is 0 Å². The molecule has 4 atom stereocenters. The maximum absolute atomic E-state index is 12.7. The van der Waals surface area contributed by atoms with Crippen molar-refractivity contribution >= 4 is 5.91 Å². The number of fused-ring (bicyclic) bond motifs is 1. The van der Waals surface area contributed by atoms with Gasteiger partial charge in [0.1, 0.15) is 0 Å². The minimum atomic E-state index is 0.0687. The fourth-order valence-electron chi connectivity index (χ4n) is 3.99. The number of piperazine rings is 1. The molecule has 4 heteroatoms. The van der Waals surface area contributed by atoms with E-state index in [0.717, 1.165) is 26.1 Å². The fraction of sp³-hybridized carbons (Fsp3) is 0.933. The number of hydrogen-bond donors (Lipinski definition) is 1. The second-order valence-electron chi connectivity index (χ2n) is 6.77. The summed E-state index contributed by atoms with van der Waals surface area (Å²) < 4.78 is 0. The molecule has 0 aliphatic carbocycles. The molecule has 3 saturated heterocycles. The van der Waals surface area contributed by atoms with E-state index in [9.17, 15) is 4.79 Å². The Bertz CT molecular complexity index is 346. The van der Waals surface area contributed by atoms with Gasteiger partial charge in [0.25, 0.3) is 0 Å². The summed E-state index contributed by atoms with van der Waals surface area (Å²) in [6.07, 6.45) is 4.79. The second kappa shape index (κ2) is 5.41. The number of hydrogen-bond acceptors (Lipinski definition) is 3. The van der Waals surface area contributed by atoms with E-state index in [1.165, 1.54) is 25.8 Å². The Labute approximate surface area is 116 Å². The maximum atomic E-state index is 12.7. The Morgan fingerprint density at radius 1 is 1.21 bits per heavy atom. The van der Waals surface area contributed by atoms with Gasteiger partial charge in [-0.1, -0.05) is 6.92 Å². The minimum absolute atomic E-state index is 0.0687. The molecule has 1 amide bonds. The van der Waals surface area contributed by atoms with Gasteiger partial charge in [-0.2, -0.15) is 0 Å². The van der Waals surface area contributed by atoms with Crippen LogP contribution in [0.15, 0.2) is 0 Å². The van der Waals surface area contributed by atoms with Gasteiger partial charge in [0, 0.05) is 25.2 Å². The van der Waals surface area contributed by atoms with Crippen LogP contribution in [-0.2, 0) is 4.79 Å². The topological polar surface area (TPSA) is 35.6 Å². The molecule has 1 N–H and O–H groups in total. The van der Waals surface area contributed by atoms with E-state index in [2.05, 4.69) is 29.0 Å². The highest BCUT2D eigenvalue weighted by Gasteiger charge is 2.39. The van der Waals surface area contributed by atoms with E-state index in [1.807, 2.05) is 0 Å². The van der Waals surface area contributed by atoms with Gasteiger partial charge in [0.05, 0.1) is 6.04 Å². The molecule has 3 heterocycles. The van der Waals surface area contributed by atoms with Crippen molar-refractivity contribution in [2.75, 3.05) is 26.2 Å².